The van der Waals surface area contributed by atoms with Crippen LogP contribution in [0.15, 0.2) is 12.2 Å². The van der Waals surface area contributed by atoms with E-state index in [1.54, 1.807) is 0 Å². The predicted octanol–water partition coefficient (Wildman–Crippen LogP) is -0.813. The molecular formula is C10H15N3O3. The molecule has 1 rings (SSSR count). The average molecular weight is 225 g/mol. The molecular weight excluding hydrogens is 210 g/mol. The molecule has 0 aromatic carbocycles. The molecule has 0 aromatic rings. The van der Waals surface area contributed by atoms with E-state index in [9.17, 15) is 14.4 Å². The van der Waals surface area contributed by atoms with Gasteiger partial charge in [0.25, 0.3) is 11.8 Å². The summed E-state index contributed by atoms with van der Waals surface area (Å²) in [6.45, 7) is 3.65. The van der Waals surface area contributed by atoms with E-state index in [2.05, 4.69) is 10.7 Å². The Balaban J connectivity index is 2.73. The zero-order valence-corrected chi connectivity index (χ0v) is 9.48. The first kappa shape index (κ1) is 12.4. The summed E-state index contributed by atoms with van der Waals surface area (Å²) in [6, 6.07) is -0.613. The molecule has 16 heavy (non-hydrogen) atoms. The fourth-order valence-electron chi connectivity index (χ4n) is 1.33. The molecule has 0 fully saturated rings. The molecule has 2 N–H and O–H groups in total. The second-order valence-electron chi connectivity index (χ2n) is 3.81. The maximum atomic E-state index is 11.5. The highest BCUT2D eigenvalue weighted by Gasteiger charge is 2.30. The minimum atomic E-state index is -0.613. The third-order valence-electron chi connectivity index (χ3n) is 2.27. The second kappa shape index (κ2) is 4.89. The van der Waals surface area contributed by atoms with Crippen molar-refractivity contribution in [1.29, 1.82) is 0 Å². The number of nitrogens with zero attached hydrogens (tertiary/aromatic N) is 1. The van der Waals surface area contributed by atoms with Crippen LogP contribution >= 0.6 is 0 Å². The first-order chi connectivity index (χ1) is 7.47. The Bertz CT molecular complexity index is 331. The van der Waals surface area contributed by atoms with Crippen LogP contribution in [0.1, 0.15) is 13.8 Å². The van der Waals surface area contributed by atoms with Gasteiger partial charge in [0.1, 0.15) is 6.04 Å². The number of nitrogens with one attached hydrogen (secondary N) is 2. The van der Waals surface area contributed by atoms with Gasteiger partial charge >= 0.3 is 0 Å². The fourth-order valence-corrected chi connectivity index (χ4v) is 1.33. The normalized spacial score (nSPS) is 17.1. The van der Waals surface area contributed by atoms with E-state index in [0.29, 0.717) is 0 Å². The Hall–Kier alpha value is -1.69. The summed E-state index contributed by atoms with van der Waals surface area (Å²) in [5.74, 6) is -1.22. The zero-order chi connectivity index (χ0) is 12.3. The summed E-state index contributed by atoms with van der Waals surface area (Å²) >= 11 is 0. The zero-order valence-electron chi connectivity index (χ0n) is 9.48. The van der Waals surface area contributed by atoms with Crippen molar-refractivity contribution in [3.05, 3.63) is 12.2 Å². The minimum Gasteiger partial charge on any atom is -0.358 e. The smallest absolute Gasteiger partial charge is 0.268 e. The highest BCUT2D eigenvalue weighted by atomic mass is 16.2. The summed E-state index contributed by atoms with van der Waals surface area (Å²) in [4.78, 5) is 34.1. The van der Waals surface area contributed by atoms with Crippen molar-refractivity contribution in [2.24, 2.45) is 5.92 Å². The van der Waals surface area contributed by atoms with E-state index in [1.807, 2.05) is 13.8 Å². The van der Waals surface area contributed by atoms with Crippen molar-refractivity contribution >= 4 is 17.7 Å². The molecule has 0 aliphatic carbocycles. The summed E-state index contributed by atoms with van der Waals surface area (Å²) in [5, 5.41) is 3.33. The molecule has 0 aromatic heterocycles. The van der Waals surface area contributed by atoms with E-state index in [1.165, 1.54) is 7.05 Å². The molecule has 0 saturated heterocycles. The van der Waals surface area contributed by atoms with Crippen LogP contribution in [-0.4, -0.2) is 35.8 Å². The largest absolute Gasteiger partial charge is 0.358 e. The van der Waals surface area contributed by atoms with E-state index in [-0.39, 0.29) is 11.8 Å². The third-order valence-corrected chi connectivity index (χ3v) is 2.27. The SMILES string of the molecule is CNC(=O)[C@@H](NN1C(=O)C=CC1=O)C(C)C. The topological polar surface area (TPSA) is 78.5 Å². The first-order valence-corrected chi connectivity index (χ1v) is 5.01. The molecule has 6 nitrogen and oxygen atoms in total. The van der Waals surface area contributed by atoms with Gasteiger partial charge in [-0.3, -0.25) is 14.4 Å². The maximum absolute atomic E-state index is 11.5. The number of carbonyl (C=O) groups is 3. The lowest BCUT2D eigenvalue weighted by atomic mass is 10.0. The number of rotatable bonds is 4. The van der Waals surface area contributed by atoms with Gasteiger partial charge in [0.15, 0.2) is 0 Å². The molecule has 0 radical (unpaired) electrons. The molecule has 1 heterocycles. The number of carbonyl (C=O) groups excluding carboxylic acids is 3. The summed E-state index contributed by atoms with van der Waals surface area (Å²) in [7, 11) is 1.51. The van der Waals surface area contributed by atoms with Crippen molar-refractivity contribution in [2.45, 2.75) is 19.9 Å². The number of imide groups is 1. The molecule has 88 valence electrons. The predicted molar refractivity (Wildman–Crippen MR) is 56.8 cm³/mol. The Morgan fingerprint density at radius 2 is 1.75 bits per heavy atom. The maximum Gasteiger partial charge on any atom is 0.268 e. The van der Waals surface area contributed by atoms with Crippen LogP contribution in [0.5, 0.6) is 0 Å². The molecule has 0 bridgehead atoms. The van der Waals surface area contributed by atoms with Crippen molar-refractivity contribution in [1.82, 2.24) is 15.8 Å². The van der Waals surface area contributed by atoms with Crippen LogP contribution in [0.3, 0.4) is 0 Å². The van der Waals surface area contributed by atoms with Crippen LogP contribution in [0.4, 0.5) is 0 Å². The van der Waals surface area contributed by atoms with Crippen molar-refractivity contribution < 1.29 is 14.4 Å². The van der Waals surface area contributed by atoms with Gasteiger partial charge in [-0.15, -0.1) is 0 Å². The molecule has 1 aliphatic rings. The van der Waals surface area contributed by atoms with Gasteiger partial charge in [-0.1, -0.05) is 13.8 Å². The Morgan fingerprint density at radius 3 is 2.12 bits per heavy atom. The van der Waals surface area contributed by atoms with E-state index >= 15 is 0 Å². The van der Waals surface area contributed by atoms with Crippen molar-refractivity contribution in [3.8, 4) is 0 Å². The van der Waals surface area contributed by atoms with Crippen LogP contribution in [0.25, 0.3) is 0 Å². The number of amides is 3. The van der Waals surface area contributed by atoms with Crippen LogP contribution < -0.4 is 10.7 Å². The second-order valence-corrected chi connectivity index (χ2v) is 3.81. The average Bonchev–Trinajstić information content (AvgIpc) is 2.54. The van der Waals surface area contributed by atoms with Crippen LogP contribution in [0, 0.1) is 5.92 Å². The molecule has 1 atom stereocenters. The Morgan fingerprint density at radius 1 is 1.25 bits per heavy atom. The van der Waals surface area contributed by atoms with E-state index in [0.717, 1.165) is 17.2 Å². The van der Waals surface area contributed by atoms with Gasteiger partial charge in [-0.25, -0.2) is 10.4 Å². The summed E-state index contributed by atoms with van der Waals surface area (Å²) in [6.07, 6.45) is 2.33. The third kappa shape index (κ3) is 2.46. The molecule has 3 amide bonds. The lowest BCUT2D eigenvalue weighted by Gasteiger charge is -2.25. The Kier molecular flexibility index (Phi) is 3.78. The highest BCUT2D eigenvalue weighted by molar-refractivity contribution is 6.12. The number of hydrogen-bond donors (Lipinski definition) is 2. The van der Waals surface area contributed by atoms with Gasteiger partial charge in [-0.2, -0.15) is 0 Å². The Labute approximate surface area is 93.6 Å². The lowest BCUT2D eigenvalue weighted by molar-refractivity contribution is -0.143. The van der Waals surface area contributed by atoms with Gasteiger partial charge in [0.2, 0.25) is 5.91 Å². The fraction of sp³-hybridized carbons (Fsp3) is 0.500. The summed E-state index contributed by atoms with van der Waals surface area (Å²) in [5.41, 5.74) is 2.63. The van der Waals surface area contributed by atoms with Gasteiger partial charge in [0.05, 0.1) is 0 Å². The highest BCUT2D eigenvalue weighted by Crippen LogP contribution is 2.06. The monoisotopic (exact) mass is 225 g/mol. The molecule has 0 spiro atoms. The quantitative estimate of drug-likeness (QED) is 0.613. The van der Waals surface area contributed by atoms with Crippen molar-refractivity contribution in [2.75, 3.05) is 7.05 Å². The minimum absolute atomic E-state index is 0.0406. The van der Waals surface area contributed by atoms with Crippen molar-refractivity contribution in [3.63, 3.8) is 0 Å². The number of hydrazine groups is 1. The van der Waals surface area contributed by atoms with Gasteiger partial charge < -0.3 is 5.32 Å². The molecule has 0 unspecified atom stereocenters. The van der Waals surface area contributed by atoms with E-state index < -0.39 is 17.9 Å². The standard InChI is InChI=1S/C10H15N3O3/c1-6(2)9(10(16)11-3)12-13-7(14)4-5-8(13)15/h4-6,9,12H,1-3H3,(H,11,16)/t9-/m0/s1. The molecule has 6 heteroatoms. The van der Waals surface area contributed by atoms with Gasteiger partial charge in [0, 0.05) is 19.2 Å². The molecule has 1 aliphatic heterocycles. The van der Waals surface area contributed by atoms with Gasteiger partial charge in [-0.05, 0) is 5.92 Å². The van der Waals surface area contributed by atoms with E-state index in [4.69, 9.17) is 0 Å². The summed E-state index contributed by atoms with van der Waals surface area (Å²) < 4.78 is 0. The first-order valence-electron chi connectivity index (χ1n) is 5.01. The number of likely N-dealkylation sites (N-methyl/N-ethyl adjacent to an activating group) is 1. The van der Waals surface area contributed by atoms with Crippen LogP contribution in [0.2, 0.25) is 0 Å². The number of hydrogen-bond acceptors (Lipinski definition) is 4. The molecule has 0 saturated carbocycles. The lowest BCUT2D eigenvalue weighted by Crippen LogP contribution is -2.55. The van der Waals surface area contributed by atoms with Crippen LogP contribution in [-0.2, 0) is 14.4 Å².